The molecular formula is C11H20O3Zr. The molecule has 1 aromatic carbocycles. The quantitative estimate of drug-likeness (QED) is 0.728. The minimum Gasteiger partial charge on any atom is -0.397 e. The molecule has 0 radical (unpaired) electrons. The monoisotopic (exact) mass is 290 g/mol. The van der Waals surface area contributed by atoms with Gasteiger partial charge >= 0.3 is 0 Å². The van der Waals surface area contributed by atoms with Crippen LogP contribution >= 0.6 is 0 Å². The average molecular weight is 292 g/mol. The summed E-state index contributed by atoms with van der Waals surface area (Å²) in [5, 5.41) is 23.7. The van der Waals surface area contributed by atoms with Gasteiger partial charge in [0.1, 0.15) is 0 Å². The molecule has 0 unspecified atom stereocenters. The molecule has 1 rings (SSSR count). The number of hydrogen-bond acceptors (Lipinski definition) is 3. The van der Waals surface area contributed by atoms with Gasteiger partial charge in [0.25, 0.3) is 0 Å². The molecule has 0 amide bonds. The predicted molar refractivity (Wildman–Crippen MR) is 57.9 cm³/mol. The number of aliphatic hydroxyl groups excluding tert-OH is 3. The topological polar surface area (TPSA) is 60.7 Å². The molecule has 0 heterocycles. The van der Waals surface area contributed by atoms with E-state index in [9.17, 15) is 0 Å². The molecule has 0 bridgehead atoms. The van der Waals surface area contributed by atoms with Crippen LogP contribution in [0.25, 0.3) is 0 Å². The summed E-state index contributed by atoms with van der Waals surface area (Å²) in [6.45, 7) is 4.00. The van der Waals surface area contributed by atoms with Crippen molar-refractivity contribution < 1.29 is 41.5 Å². The van der Waals surface area contributed by atoms with Crippen molar-refractivity contribution in [1.82, 2.24) is 0 Å². The Morgan fingerprint density at radius 1 is 0.867 bits per heavy atom. The van der Waals surface area contributed by atoms with E-state index in [4.69, 9.17) is 15.3 Å². The van der Waals surface area contributed by atoms with Crippen LogP contribution in [0.3, 0.4) is 0 Å². The minimum absolute atomic E-state index is 0. The Labute approximate surface area is 111 Å². The normalized spacial score (nSPS) is 7.27. The molecule has 0 aromatic heterocycles. The maximum absolute atomic E-state index is 8.54. The van der Waals surface area contributed by atoms with Crippen molar-refractivity contribution in [2.75, 3.05) is 13.2 Å². The van der Waals surface area contributed by atoms with Gasteiger partial charge in [-0.15, -0.1) is 0 Å². The van der Waals surface area contributed by atoms with Crippen LogP contribution in [0.2, 0.25) is 0 Å². The Balaban J connectivity index is -0.000000177. The summed E-state index contributed by atoms with van der Waals surface area (Å²) in [6.07, 6.45) is 0. The van der Waals surface area contributed by atoms with E-state index in [-0.39, 0.29) is 46.0 Å². The molecule has 1 aromatic rings. The van der Waals surface area contributed by atoms with Crippen LogP contribution in [0, 0.1) is 0 Å². The summed E-state index contributed by atoms with van der Waals surface area (Å²) in [6, 6.07) is 9.52. The third-order valence-electron chi connectivity index (χ3n) is 1.03. The van der Waals surface area contributed by atoms with E-state index in [1.165, 1.54) is 0 Å². The molecule has 86 valence electrons. The van der Waals surface area contributed by atoms with Gasteiger partial charge in [-0.1, -0.05) is 30.3 Å². The molecule has 0 aliphatic heterocycles. The third kappa shape index (κ3) is 20.1. The maximum atomic E-state index is 8.54. The average Bonchev–Trinajstić information content (AvgIpc) is 2.21. The molecule has 0 atom stereocenters. The molecule has 0 saturated carbocycles. The summed E-state index contributed by atoms with van der Waals surface area (Å²) >= 11 is 0. The smallest absolute Gasteiger partial charge is 0.0681 e. The second kappa shape index (κ2) is 19.5. The second-order valence-electron chi connectivity index (χ2n) is 2.28. The molecule has 4 heteroatoms. The summed E-state index contributed by atoms with van der Waals surface area (Å²) < 4.78 is 0. The van der Waals surface area contributed by atoms with Gasteiger partial charge in [0.2, 0.25) is 0 Å². The standard InChI is InChI=1S/C7H8O.2C2H6O.Zr/c8-6-7-4-2-1-3-5-7;2*1-2-3;/h1-5,8H,6H2;2*3H,2H2,1H3;. The van der Waals surface area contributed by atoms with Gasteiger partial charge in [0, 0.05) is 39.4 Å². The Morgan fingerprint density at radius 3 is 1.40 bits per heavy atom. The number of benzene rings is 1. The SMILES string of the molecule is CCO.CCO.OCc1ccccc1.[Zr]. The second-order valence-corrected chi connectivity index (χ2v) is 2.28. The zero-order chi connectivity index (χ0) is 11.2. The molecule has 15 heavy (non-hydrogen) atoms. The molecule has 0 aliphatic rings. The van der Waals surface area contributed by atoms with Gasteiger partial charge in [0.05, 0.1) is 6.61 Å². The fraction of sp³-hybridized carbons (Fsp3) is 0.455. The number of hydrogen-bond donors (Lipinski definition) is 3. The maximum Gasteiger partial charge on any atom is 0.0681 e. The van der Waals surface area contributed by atoms with Crippen LogP contribution < -0.4 is 0 Å². The van der Waals surface area contributed by atoms with E-state index < -0.39 is 0 Å². The van der Waals surface area contributed by atoms with Crippen molar-refractivity contribution in [3.05, 3.63) is 35.9 Å². The van der Waals surface area contributed by atoms with E-state index in [1.54, 1.807) is 13.8 Å². The van der Waals surface area contributed by atoms with Crippen molar-refractivity contribution in [3.63, 3.8) is 0 Å². The van der Waals surface area contributed by atoms with Crippen LogP contribution in [-0.2, 0) is 32.8 Å². The first kappa shape index (κ1) is 20.4. The molecular weight excluding hydrogens is 271 g/mol. The predicted octanol–water partition coefficient (Wildman–Crippen LogP) is 1.17. The molecule has 0 saturated heterocycles. The van der Waals surface area contributed by atoms with Crippen LogP contribution in [-0.4, -0.2) is 28.5 Å². The Hall–Kier alpha value is -0.0169. The summed E-state index contributed by atoms with van der Waals surface area (Å²) in [5.74, 6) is 0. The molecule has 0 spiro atoms. The van der Waals surface area contributed by atoms with Crippen LogP contribution in [0.4, 0.5) is 0 Å². The van der Waals surface area contributed by atoms with Crippen molar-refractivity contribution in [2.45, 2.75) is 20.5 Å². The molecule has 0 fully saturated rings. The van der Waals surface area contributed by atoms with Crippen molar-refractivity contribution in [3.8, 4) is 0 Å². The zero-order valence-electron chi connectivity index (χ0n) is 9.35. The van der Waals surface area contributed by atoms with Crippen molar-refractivity contribution in [2.24, 2.45) is 0 Å². The van der Waals surface area contributed by atoms with Crippen LogP contribution in [0.1, 0.15) is 19.4 Å². The van der Waals surface area contributed by atoms with E-state index >= 15 is 0 Å². The first-order chi connectivity index (χ1) is 6.76. The van der Waals surface area contributed by atoms with E-state index in [1.807, 2.05) is 30.3 Å². The minimum atomic E-state index is 0. The molecule has 3 N–H and O–H groups in total. The van der Waals surface area contributed by atoms with Crippen LogP contribution in [0.15, 0.2) is 30.3 Å². The first-order valence-corrected chi connectivity index (χ1v) is 4.63. The van der Waals surface area contributed by atoms with Crippen molar-refractivity contribution >= 4 is 0 Å². The fourth-order valence-electron chi connectivity index (χ4n) is 0.583. The summed E-state index contributed by atoms with van der Waals surface area (Å²) in [7, 11) is 0. The van der Waals surface area contributed by atoms with E-state index in [0.29, 0.717) is 0 Å². The summed E-state index contributed by atoms with van der Waals surface area (Å²) in [5.41, 5.74) is 0.965. The van der Waals surface area contributed by atoms with E-state index in [2.05, 4.69) is 0 Å². The number of rotatable bonds is 1. The Kier molecular flexibility index (Phi) is 26.6. The van der Waals surface area contributed by atoms with Gasteiger partial charge < -0.3 is 15.3 Å². The van der Waals surface area contributed by atoms with Gasteiger partial charge in [0.15, 0.2) is 0 Å². The first-order valence-electron chi connectivity index (χ1n) is 4.63. The van der Waals surface area contributed by atoms with Gasteiger partial charge in [-0.3, -0.25) is 0 Å². The molecule has 0 aliphatic carbocycles. The Morgan fingerprint density at radius 2 is 1.20 bits per heavy atom. The Bertz CT molecular complexity index is 178. The van der Waals surface area contributed by atoms with Gasteiger partial charge in [-0.2, -0.15) is 0 Å². The van der Waals surface area contributed by atoms with E-state index in [0.717, 1.165) is 5.56 Å². The van der Waals surface area contributed by atoms with Crippen LogP contribution in [0.5, 0.6) is 0 Å². The summed E-state index contributed by atoms with van der Waals surface area (Å²) in [4.78, 5) is 0. The zero-order valence-corrected chi connectivity index (χ0v) is 11.8. The third-order valence-corrected chi connectivity index (χ3v) is 1.03. The van der Waals surface area contributed by atoms with Gasteiger partial charge in [-0.05, 0) is 19.4 Å². The van der Waals surface area contributed by atoms with Crippen molar-refractivity contribution in [1.29, 1.82) is 0 Å². The molecule has 3 nitrogen and oxygen atoms in total. The van der Waals surface area contributed by atoms with Gasteiger partial charge in [-0.25, -0.2) is 0 Å². The largest absolute Gasteiger partial charge is 0.397 e. The number of aliphatic hydroxyl groups is 3. The fourth-order valence-corrected chi connectivity index (χ4v) is 0.583.